The lowest BCUT2D eigenvalue weighted by molar-refractivity contribution is 0.101. The highest BCUT2D eigenvalue weighted by Gasteiger charge is 2.16. The molecule has 116 valence electrons. The molecule has 1 amide bonds. The van der Waals surface area contributed by atoms with Crippen LogP contribution in [0.2, 0.25) is 5.02 Å². The Labute approximate surface area is 138 Å². The number of ketones is 1. The van der Waals surface area contributed by atoms with Crippen molar-refractivity contribution >= 4 is 39.9 Å². The van der Waals surface area contributed by atoms with E-state index in [0.717, 1.165) is 16.6 Å². The van der Waals surface area contributed by atoms with E-state index in [-0.39, 0.29) is 11.7 Å². The van der Waals surface area contributed by atoms with E-state index < -0.39 is 0 Å². The molecule has 0 aliphatic rings. The van der Waals surface area contributed by atoms with Crippen LogP contribution in [0.1, 0.15) is 33.3 Å². The maximum atomic E-state index is 12.6. The van der Waals surface area contributed by atoms with E-state index in [1.54, 1.807) is 36.4 Å². The maximum absolute atomic E-state index is 12.6. The zero-order chi connectivity index (χ0) is 16.6. The molecule has 1 heterocycles. The van der Waals surface area contributed by atoms with Gasteiger partial charge in [0.25, 0.3) is 5.91 Å². The van der Waals surface area contributed by atoms with Crippen LogP contribution in [0, 0.1) is 6.92 Å². The molecule has 4 nitrogen and oxygen atoms in total. The summed E-state index contributed by atoms with van der Waals surface area (Å²) in [7, 11) is 0. The summed E-state index contributed by atoms with van der Waals surface area (Å²) in [6, 6.07) is 12.3. The molecule has 2 aromatic carbocycles. The number of aryl methyl sites for hydroxylation is 1. The van der Waals surface area contributed by atoms with Crippen molar-refractivity contribution in [2.45, 2.75) is 13.8 Å². The van der Waals surface area contributed by atoms with Crippen molar-refractivity contribution in [2.75, 3.05) is 5.32 Å². The number of amides is 1. The lowest BCUT2D eigenvalue weighted by Gasteiger charge is -2.07. The maximum Gasteiger partial charge on any atom is 0.258 e. The lowest BCUT2D eigenvalue weighted by Crippen LogP contribution is -2.13. The highest BCUT2D eigenvalue weighted by molar-refractivity contribution is 6.31. The van der Waals surface area contributed by atoms with E-state index >= 15 is 0 Å². The zero-order valence-electron chi connectivity index (χ0n) is 12.7. The Morgan fingerprint density at radius 1 is 1.13 bits per heavy atom. The summed E-state index contributed by atoms with van der Waals surface area (Å²) in [5.41, 5.74) is 3.31. The third kappa shape index (κ3) is 2.98. The molecule has 5 heteroatoms. The number of aromatic nitrogens is 1. The number of fused-ring (bicyclic) bond motifs is 1. The van der Waals surface area contributed by atoms with Crippen LogP contribution in [-0.2, 0) is 0 Å². The molecule has 0 aliphatic carbocycles. The Bertz CT molecular complexity index is 928. The predicted octanol–water partition coefficient (Wildman–Crippen LogP) is 4.58. The third-order valence-electron chi connectivity index (χ3n) is 3.70. The van der Waals surface area contributed by atoms with Crippen LogP contribution < -0.4 is 5.32 Å². The molecular formula is C18H15ClN2O2. The topological polar surface area (TPSA) is 62.0 Å². The highest BCUT2D eigenvalue weighted by atomic mass is 35.5. The average molecular weight is 327 g/mol. The first-order valence-electron chi connectivity index (χ1n) is 7.16. The highest BCUT2D eigenvalue weighted by Crippen LogP contribution is 2.26. The molecule has 0 radical (unpaired) electrons. The summed E-state index contributed by atoms with van der Waals surface area (Å²) >= 11 is 6.04. The minimum absolute atomic E-state index is 0.0452. The van der Waals surface area contributed by atoms with Gasteiger partial charge in [0.2, 0.25) is 0 Å². The summed E-state index contributed by atoms with van der Waals surface area (Å²) in [6.07, 6.45) is 0. The summed E-state index contributed by atoms with van der Waals surface area (Å²) in [5, 5.41) is 4.18. The van der Waals surface area contributed by atoms with Crippen LogP contribution in [-0.4, -0.2) is 16.7 Å². The minimum Gasteiger partial charge on any atom is -0.358 e. The van der Waals surface area contributed by atoms with Crippen molar-refractivity contribution in [3.8, 4) is 0 Å². The molecule has 23 heavy (non-hydrogen) atoms. The number of carbonyl (C=O) groups excluding carboxylic acids is 2. The first kappa shape index (κ1) is 15.3. The predicted molar refractivity (Wildman–Crippen MR) is 92.4 cm³/mol. The van der Waals surface area contributed by atoms with Gasteiger partial charge in [-0.1, -0.05) is 23.7 Å². The van der Waals surface area contributed by atoms with Crippen molar-refractivity contribution in [3.63, 3.8) is 0 Å². The quantitative estimate of drug-likeness (QED) is 0.692. The monoisotopic (exact) mass is 326 g/mol. The fourth-order valence-electron chi connectivity index (χ4n) is 2.60. The van der Waals surface area contributed by atoms with Crippen LogP contribution >= 0.6 is 11.6 Å². The largest absolute Gasteiger partial charge is 0.358 e. The number of benzene rings is 2. The fraction of sp³-hybridized carbons (Fsp3) is 0.111. The third-order valence-corrected chi connectivity index (χ3v) is 3.94. The molecular weight excluding hydrogens is 312 g/mol. The van der Waals surface area contributed by atoms with Gasteiger partial charge in [-0.05, 0) is 44.2 Å². The average Bonchev–Trinajstić information content (AvgIpc) is 2.82. The van der Waals surface area contributed by atoms with Crippen LogP contribution in [0.5, 0.6) is 0 Å². The second-order valence-electron chi connectivity index (χ2n) is 5.41. The lowest BCUT2D eigenvalue weighted by atomic mass is 10.1. The van der Waals surface area contributed by atoms with Gasteiger partial charge in [-0.3, -0.25) is 9.59 Å². The van der Waals surface area contributed by atoms with Gasteiger partial charge in [0, 0.05) is 32.9 Å². The van der Waals surface area contributed by atoms with E-state index in [1.807, 2.05) is 13.0 Å². The number of anilines is 1. The molecule has 0 unspecified atom stereocenters. The number of hydrogen-bond acceptors (Lipinski definition) is 2. The van der Waals surface area contributed by atoms with Gasteiger partial charge in [-0.2, -0.15) is 0 Å². The summed E-state index contributed by atoms with van der Waals surface area (Å²) < 4.78 is 0. The minimum atomic E-state index is -0.239. The normalized spacial score (nSPS) is 10.7. The first-order chi connectivity index (χ1) is 11.0. The number of halogens is 1. The molecule has 0 saturated carbocycles. The summed E-state index contributed by atoms with van der Waals surface area (Å²) in [6.45, 7) is 3.33. The van der Waals surface area contributed by atoms with Gasteiger partial charge in [-0.25, -0.2) is 0 Å². The SMILES string of the molecule is CC(=O)c1cccc(NC(=O)c2c(C)[nH]c3ccc(Cl)cc23)c1. The Hall–Kier alpha value is -2.59. The van der Waals surface area contributed by atoms with Gasteiger partial charge in [0.1, 0.15) is 0 Å². The molecule has 0 saturated heterocycles. The zero-order valence-corrected chi connectivity index (χ0v) is 13.5. The van der Waals surface area contributed by atoms with E-state index in [2.05, 4.69) is 10.3 Å². The Balaban J connectivity index is 1.98. The number of H-pyrrole nitrogens is 1. The van der Waals surface area contributed by atoms with Crippen molar-refractivity contribution < 1.29 is 9.59 Å². The van der Waals surface area contributed by atoms with Crippen molar-refractivity contribution in [3.05, 3.63) is 64.3 Å². The smallest absolute Gasteiger partial charge is 0.258 e. The van der Waals surface area contributed by atoms with Gasteiger partial charge < -0.3 is 10.3 Å². The van der Waals surface area contributed by atoms with Crippen LogP contribution in [0.25, 0.3) is 10.9 Å². The molecule has 0 bridgehead atoms. The standard InChI is InChI=1S/C18H15ClN2O2/c1-10-17(15-9-13(19)6-7-16(15)20-10)18(23)21-14-5-3-4-12(8-14)11(2)22/h3-9,20H,1-2H3,(H,21,23). The molecule has 1 aromatic heterocycles. The molecule has 3 aromatic rings. The Kier molecular flexibility index (Phi) is 3.92. The Morgan fingerprint density at radius 2 is 1.91 bits per heavy atom. The van der Waals surface area contributed by atoms with Crippen molar-refractivity contribution in [1.29, 1.82) is 0 Å². The second-order valence-corrected chi connectivity index (χ2v) is 5.84. The summed E-state index contributed by atoms with van der Waals surface area (Å²) in [5.74, 6) is -0.284. The molecule has 0 spiro atoms. The van der Waals surface area contributed by atoms with Gasteiger partial charge in [0.15, 0.2) is 5.78 Å². The second kappa shape index (κ2) is 5.89. The first-order valence-corrected chi connectivity index (χ1v) is 7.53. The van der Waals surface area contributed by atoms with Gasteiger partial charge in [-0.15, -0.1) is 0 Å². The molecule has 0 atom stereocenters. The molecule has 0 fully saturated rings. The van der Waals surface area contributed by atoms with Crippen molar-refractivity contribution in [1.82, 2.24) is 4.98 Å². The molecule has 2 N–H and O–H groups in total. The van der Waals surface area contributed by atoms with E-state index in [1.165, 1.54) is 6.92 Å². The van der Waals surface area contributed by atoms with E-state index in [0.29, 0.717) is 21.8 Å². The number of hydrogen-bond donors (Lipinski definition) is 2. The van der Waals surface area contributed by atoms with Crippen molar-refractivity contribution in [2.24, 2.45) is 0 Å². The number of aromatic amines is 1. The number of rotatable bonds is 3. The van der Waals surface area contributed by atoms with E-state index in [4.69, 9.17) is 11.6 Å². The van der Waals surface area contributed by atoms with Gasteiger partial charge >= 0.3 is 0 Å². The molecule has 3 rings (SSSR count). The number of nitrogens with one attached hydrogen (secondary N) is 2. The van der Waals surface area contributed by atoms with Crippen LogP contribution in [0.15, 0.2) is 42.5 Å². The van der Waals surface area contributed by atoms with E-state index in [9.17, 15) is 9.59 Å². The molecule has 0 aliphatic heterocycles. The van der Waals surface area contributed by atoms with Gasteiger partial charge in [0.05, 0.1) is 5.56 Å². The summed E-state index contributed by atoms with van der Waals surface area (Å²) in [4.78, 5) is 27.3. The van der Waals surface area contributed by atoms with Crippen LogP contribution in [0.4, 0.5) is 5.69 Å². The number of carbonyl (C=O) groups is 2. The van der Waals surface area contributed by atoms with Crippen LogP contribution in [0.3, 0.4) is 0 Å². The number of Topliss-reactive ketones (excluding diaryl/α,β-unsaturated/α-hetero) is 1. The Morgan fingerprint density at radius 3 is 2.65 bits per heavy atom. The fourth-order valence-corrected chi connectivity index (χ4v) is 2.77.